The van der Waals surface area contributed by atoms with E-state index in [4.69, 9.17) is 16.7 Å². The molecule has 0 radical (unpaired) electrons. The number of hydrogen-bond donors (Lipinski definition) is 1. The first kappa shape index (κ1) is 11.5. The maximum atomic E-state index is 13.6. The Hall–Kier alpha value is -1.94. The van der Waals surface area contributed by atoms with Gasteiger partial charge in [-0.05, 0) is 12.1 Å². The molecule has 0 amide bonds. The number of aromatic carboxylic acids is 1. The summed E-state index contributed by atoms with van der Waals surface area (Å²) in [7, 11) is 0. The third-order valence-electron chi connectivity index (χ3n) is 2.25. The monoisotopic (exact) mass is 251 g/mol. The molecule has 3 nitrogen and oxygen atoms in total. The van der Waals surface area contributed by atoms with E-state index in [0.717, 1.165) is 6.20 Å². The molecule has 17 heavy (non-hydrogen) atoms. The van der Waals surface area contributed by atoms with Crippen molar-refractivity contribution in [3.63, 3.8) is 0 Å². The molecule has 0 saturated heterocycles. The van der Waals surface area contributed by atoms with Crippen molar-refractivity contribution in [3.05, 3.63) is 53.1 Å². The summed E-state index contributed by atoms with van der Waals surface area (Å²) in [6.45, 7) is 0. The number of rotatable bonds is 2. The minimum Gasteiger partial charge on any atom is -0.478 e. The Balaban J connectivity index is 2.63. The maximum Gasteiger partial charge on any atom is 0.337 e. The van der Waals surface area contributed by atoms with Crippen molar-refractivity contribution in [1.82, 2.24) is 4.98 Å². The van der Waals surface area contributed by atoms with Gasteiger partial charge in [0.25, 0.3) is 0 Å². The van der Waals surface area contributed by atoms with Gasteiger partial charge in [0.2, 0.25) is 0 Å². The lowest BCUT2D eigenvalue weighted by molar-refractivity contribution is 0.0696. The van der Waals surface area contributed by atoms with Crippen LogP contribution in [0.3, 0.4) is 0 Å². The molecule has 1 aromatic carbocycles. The third-order valence-corrected chi connectivity index (χ3v) is 2.55. The number of benzene rings is 1. The van der Waals surface area contributed by atoms with Crippen LogP contribution in [0.4, 0.5) is 4.39 Å². The second-order valence-corrected chi connectivity index (χ2v) is 3.71. The fourth-order valence-corrected chi connectivity index (χ4v) is 1.64. The van der Waals surface area contributed by atoms with Crippen molar-refractivity contribution in [2.24, 2.45) is 0 Å². The van der Waals surface area contributed by atoms with Crippen molar-refractivity contribution in [1.29, 1.82) is 0 Å². The van der Waals surface area contributed by atoms with E-state index < -0.39 is 11.8 Å². The molecule has 0 aliphatic rings. The van der Waals surface area contributed by atoms with Crippen molar-refractivity contribution < 1.29 is 14.3 Å². The van der Waals surface area contributed by atoms with E-state index in [0.29, 0.717) is 0 Å². The van der Waals surface area contributed by atoms with E-state index >= 15 is 0 Å². The summed E-state index contributed by atoms with van der Waals surface area (Å²) >= 11 is 5.84. The van der Waals surface area contributed by atoms with Crippen LogP contribution in [-0.2, 0) is 0 Å². The topological polar surface area (TPSA) is 50.2 Å². The van der Waals surface area contributed by atoms with Gasteiger partial charge in [-0.2, -0.15) is 0 Å². The Bertz CT molecular complexity index is 586. The Morgan fingerprint density at radius 1 is 1.29 bits per heavy atom. The van der Waals surface area contributed by atoms with Gasteiger partial charge in [-0.25, -0.2) is 14.2 Å². The first-order valence-electron chi connectivity index (χ1n) is 4.73. The second-order valence-electron chi connectivity index (χ2n) is 3.35. The highest BCUT2D eigenvalue weighted by molar-refractivity contribution is 6.32. The molecule has 0 bridgehead atoms. The molecular weight excluding hydrogens is 245 g/mol. The van der Waals surface area contributed by atoms with Gasteiger partial charge < -0.3 is 5.11 Å². The van der Waals surface area contributed by atoms with Crippen LogP contribution < -0.4 is 0 Å². The SMILES string of the molecule is O=C(O)c1cnc(Cl)c(-c2ccccc2F)c1. The van der Waals surface area contributed by atoms with Crippen LogP contribution in [0.2, 0.25) is 5.15 Å². The lowest BCUT2D eigenvalue weighted by Crippen LogP contribution is -1.98. The first-order chi connectivity index (χ1) is 8.09. The Morgan fingerprint density at radius 3 is 2.65 bits per heavy atom. The summed E-state index contributed by atoms with van der Waals surface area (Å²) in [5.41, 5.74) is 0.463. The molecule has 0 aliphatic heterocycles. The first-order valence-corrected chi connectivity index (χ1v) is 5.11. The molecule has 2 rings (SSSR count). The van der Waals surface area contributed by atoms with Crippen LogP contribution in [-0.4, -0.2) is 16.1 Å². The zero-order valence-corrected chi connectivity index (χ0v) is 9.28. The molecule has 0 unspecified atom stereocenters. The van der Waals surface area contributed by atoms with E-state index in [1.807, 2.05) is 0 Å². The third kappa shape index (κ3) is 2.26. The van der Waals surface area contributed by atoms with Gasteiger partial charge in [0, 0.05) is 17.3 Å². The van der Waals surface area contributed by atoms with Crippen molar-refractivity contribution in [2.75, 3.05) is 0 Å². The Kier molecular flexibility index (Phi) is 3.06. The maximum absolute atomic E-state index is 13.6. The number of nitrogens with zero attached hydrogens (tertiary/aromatic N) is 1. The number of carboxylic acids is 1. The molecule has 1 N–H and O–H groups in total. The number of pyridine rings is 1. The summed E-state index contributed by atoms with van der Waals surface area (Å²) in [5, 5.41) is 8.91. The van der Waals surface area contributed by atoms with Gasteiger partial charge in [-0.3, -0.25) is 0 Å². The van der Waals surface area contributed by atoms with Gasteiger partial charge in [0.1, 0.15) is 11.0 Å². The summed E-state index contributed by atoms with van der Waals surface area (Å²) in [4.78, 5) is 14.5. The average Bonchev–Trinajstić information content (AvgIpc) is 2.30. The van der Waals surface area contributed by atoms with Crippen LogP contribution >= 0.6 is 11.6 Å². The van der Waals surface area contributed by atoms with Crippen LogP contribution in [0.15, 0.2) is 36.5 Å². The highest BCUT2D eigenvalue weighted by atomic mass is 35.5. The van der Waals surface area contributed by atoms with Crippen molar-refractivity contribution in [2.45, 2.75) is 0 Å². The summed E-state index contributed by atoms with van der Waals surface area (Å²) in [6, 6.07) is 7.28. The summed E-state index contributed by atoms with van der Waals surface area (Å²) in [5.74, 6) is -1.61. The molecule has 5 heteroatoms. The quantitative estimate of drug-likeness (QED) is 0.834. The van der Waals surface area contributed by atoms with E-state index in [1.165, 1.54) is 18.2 Å². The number of hydrogen-bond acceptors (Lipinski definition) is 2. The van der Waals surface area contributed by atoms with Gasteiger partial charge in [0.15, 0.2) is 0 Å². The summed E-state index contributed by atoms with van der Waals surface area (Å²) in [6.07, 6.45) is 1.13. The fourth-order valence-electron chi connectivity index (χ4n) is 1.43. The van der Waals surface area contributed by atoms with E-state index in [-0.39, 0.29) is 21.8 Å². The molecular formula is C12H7ClFNO2. The Labute approximate surface area is 101 Å². The van der Waals surface area contributed by atoms with Crippen LogP contribution in [0.5, 0.6) is 0 Å². The summed E-state index contributed by atoms with van der Waals surface area (Å²) < 4.78 is 13.6. The molecule has 0 aliphatic carbocycles. The van der Waals surface area contributed by atoms with Crippen molar-refractivity contribution >= 4 is 17.6 Å². The number of aromatic nitrogens is 1. The van der Waals surface area contributed by atoms with Crippen molar-refractivity contribution in [3.8, 4) is 11.1 Å². The molecule has 0 fully saturated rings. The average molecular weight is 252 g/mol. The predicted molar refractivity (Wildman–Crippen MR) is 61.6 cm³/mol. The molecule has 0 spiro atoms. The standard InChI is InChI=1S/C12H7ClFNO2/c13-11-9(5-7(6-15-11)12(16)17)8-3-1-2-4-10(8)14/h1-6H,(H,16,17). The van der Waals surface area contributed by atoms with E-state index in [2.05, 4.69) is 4.98 Å². The second kappa shape index (κ2) is 4.51. The minimum absolute atomic E-state index is 0.0346. The van der Waals surface area contributed by atoms with Crippen LogP contribution in [0.1, 0.15) is 10.4 Å². The molecule has 1 aromatic heterocycles. The lowest BCUT2D eigenvalue weighted by atomic mass is 10.1. The molecule has 0 saturated carbocycles. The fraction of sp³-hybridized carbons (Fsp3) is 0. The van der Waals surface area contributed by atoms with Crippen LogP contribution in [0, 0.1) is 5.82 Å². The molecule has 1 heterocycles. The smallest absolute Gasteiger partial charge is 0.337 e. The highest BCUT2D eigenvalue weighted by Crippen LogP contribution is 2.28. The zero-order chi connectivity index (χ0) is 12.4. The number of halogens is 2. The normalized spacial score (nSPS) is 10.2. The van der Waals surface area contributed by atoms with Gasteiger partial charge in [-0.1, -0.05) is 29.8 Å². The largest absolute Gasteiger partial charge is 0.478 e. The molecule has 2 aromatic rings. The number of carbonyl (C=O) groups is 1. The van der Waals surface area contributed by atoms with Gasteiger partial charge in [0.05, 0.1) is 5.56 Å². The molecule has 86 valence electrons. The number of carboxylic acid groups (broad SMARTS) is 1. The Morgan fingerprint density at radius 2 is 2.00 bits per heavy atom. The van der Waals surface area contributed by atoms with Gasteiger partial charge >= 0.3 is 5.97 Å². The molecule has 0 atom stereocenters. The van der Waals surface area contributed by atoms with E-state index in [9.17, 15) is 9.18 Å². The highest BCUT2D eigenvalue weighted by Gasteiger charge is 2.12. The minimum atomic E-state index is -1.13. The van der Waals surface area contributed by atoms with Gasteiger partial charge in [-0.15, -0.1) is 0 Å². The zero-order valence-electron chi connectivity index (χ0n) is 8.52. The lowest BCUT2D eigenvalue weighted by Gasteiger charge is -2.06. The van der Waals surface area contributed by atoms with Crippen LogP contribution in [0.25, 0.3) is 11.1 Å². The van der Waals surface area contributed by atoms with E-state index in [1.54, 1.807) is 12.1 Å². The predicted octanol–water partition coefficient (Wildman–Crippen LogP) is 3.24.